The standard InChI is InChI=1S/C10H11Cl2N3O2/c1-15(5-9(13)14-17)10(16)7-4-6(11)2-3-8(7)12/h2-4,17H,5H2,1H3,(H2,13,14). The maximum atomic E-state index is 12.0. The number of hydrogen-bond acceptors (Lipinski definition) is 3. The Bertz CT molecular complexity index is 463. The van der Waals surface area contributed by atoms with Gasteiger partial charge in [0.25, 0.3) is 5.91 Å². The van der Waals surface area contributed by atoms with E-state index in [0.717, 1.165) is 0 Å². The van der Waals surface area contributed by atoms with Crippen molar-refractivity contribution in [2.24, 2.45) is 10.9 Å². The van der Waals surface area contributed by atoms with Gasteiger partial charge >= 0.3 is 0 Å². The van der Waals surface area contributed by atoms with Crippen LogP contribution in [0.4, 0.5) is 0 Å². The van der Waals surface area contributed by atoms with Gasteiger partial charge in [0.15, 0.2) is 5.84 Å². The van der Waals surface area contributed by atoms with Crippen molar-refractivity contribution >= 4 is 34.9 Å². The number of nitrogens with two attached hydrogens (primary N) is 1. The summed E-state index contributed by atoms with van der Waals surface area (Å²) < 4.78 is 0. The van der Waals surface area contributed by atoms with Gasteiger partial charge in [0.2, 0.25) is 0 Å². The second kappa shape index (κ2) is 5.75. The first kappa shape index (κ1) is 13.6. The third kappa shape index (κ3) is 3.51. The first-order valence-corrected chi connectivity index (χ1v) is 5.38. The van der Waals surface area contributed by atoms with Crippen LogP contribution in [0.3, 0.4) is 0 Å². The summed E-state index contributed by atoms with van der Waals surface area (Å²) in [4.78, 5) is 13.2. The molecule has 0 aliphatic carbocycles. The van der Waals surface area contributed by atoms with E-state index in [1.807, 2.05) is 0 Å². The number of halogens is 2. The number of carbonyl (C=O) groups excluding carboxylic acids is 1. The van der Waals surface area contributed by atoms with Gasteiger partial charge in [0, 0.05) is 12.1 Å². The summed E-state index contributed by atoms with van der Waals surface area (Å²) in [5, 5.41) is 11.9. The van der Waals surface area contributed by atoms with Crippen LogP contribution in [-0.2, 0) is 0 Å². The molecule has 0 fully saturated rings. The smallest absolute Gasteiger partial charge is 0.255 e. The molecule has 0 radical (unpaired) electrons. The molecule has 0 spiro atoms. The summed E-state index contributed by atoms with van der Waals surface area (Å²) >= 11 is 11.7. The molecule has 0 saturated heterocycles. The molecule has 0 aromatic heterocycles. The largest absolute Gasteiger partial charge is 0.409 e. The van der Waals surface area contributed by atoms with E-state index in [2.05, 4.69) is 5.16 Å². The van der Waals surface area contributed by atoms with Crippen LogP contribution >= 0.6 is 23.2 Å². The summed E-state index contributed by atoms with van der Waals surface area (Å²) in [6.45, 7) is -0.00181. The number of hydrogen-bond donors (Lipinski definition) is 2. The lowest BCUT2D eigenvalue weighted by Gasteiger charge is -2.16. The van der Waals surface area contributed by atoms with Crippen molar-refractivity contribution in [3.05, 3.63) is 33.8 Å². The molecule has 1 aromatic rings. The fraction of sp³-hybridized carbons (Fsp3) is 0.200. The third-order valence-corrected chi connectivity index (χ3v) is 2.60. The Morgan fingerprint density at radius 1 is 1.53 bits per heavy atom. The molecule has 0 aliphatic rings. The van der Waals surface area contributed by atoms with Gasteiger partial charge < -0.3 is 15.8 Å². The van der Waals surface area contributed by atoms with Crippen LogP contribution in [0.5, 0.6) is 0 Å². The van der Waals surface area contributed by atoms with Crippen molar-refractivity contribution in [1.82, 2.24) is 4.90 Å². The molecule has 0 heterocycles. The number of carbonyl (C=O) groups is 1. The molecule has 7 heteroatoms. The first-order valence-electron chi connectivity index (χ1n) is 4.62. The molecule has 0 aliphatic heterocycles. The zero-order valence-electron chi connectivity index (χ0n) is 9.02. The van der Waals surface area contributed by atoms with Gasteiger partial charge in [0.05, 0.1) is 17.1 Å². The monoisotopic (exact) mass is 275 g/mol. The van der Waals surface area contributed by atoms with Crippen LogP contribution in [0.15, 0.2) is 23.4 Å². The Balaban J connectivity index is 2.92. The first-order chi connectivity index (χ1) is 7.95. The van der Waals surface area contributed by atoms with Gasteiger partial charge in [-0.2, -0.15) is 0 Å². The Hall–Kier alpha value is -1.46. The summed E-state index contributed by atoms with van der Waals surface area (Å²) in [6.07, 6.45) is 0. The number of oxime groups is 1. The van der Waals surface area contributed by atoms with Gasteiger partial charge in [-0.05, 0) is 18.2 Å². The topological polar surface area (TPSA) is 78.9 Å². The van der Waals surface area contributed by atoms with E-state index >= 15 is 0 Å². The number of amidine groups is 1. The average Bonchev–Trinajstić information content (AvgIpc) is 2.31. The molecule has 3 N–H and O–H groups in total. The van der Waals surface area contributed by atoms with E-state index in [1.54, 1.807) is 6.07 Å². The van der Waals surface area contributed by atoms with Crippen LogP contribution < -0.4 is 5.73 Å². The number of likely N-dealkylation sites (N-methyl/N-ethyl adjacent to an activating group) is 1. The summed E-state index contributed by atoms with van der Waals surface area (Å²) in [7, 11) is 1.51. The zero-order valence-corrected chi connectivity index (χ0v) is 10.5. The van der Waals surface area contributed by atoms with E-state index in [1.165, 1.54) is 24.1 Å². The van der Waals surface area contributed by atoms with E-state index in [0.29, 0.717) is 10.0 Å². The molecule has 0 unspecified atom stereocenters. The summed E-state index contributed by atoms with van der Waals surface area (Å²) in [5.41, 5.74) is 5.58. The highest BCUT2D eigenvalue weighted by molar-refractivity contribution is 6.35. The molecule has 0 atom stereocenters. The van der Waals surface area contributed by atoms with Gasteiger partial charge in [-0.3, -0.25) is 4.79 Å². The van der Waals surface area contributed by atoms with Crippen molar-refractivity contribution in [2.45, 2.75) is 0 Å². The van der Waals surface area contributed by atoms with Crippen LogP contribution in [0.25, 0.3) is 0 Å². The minimum Gasteiger partial charge on any atom is -0.409 e. The Morgan fingerprint density at radius 2 is 2.18 bits per heavy atom. The van der Waals surface area contributed by atoms with Gasteiger partial charge in [-0.25, -0.2) is 0 Å². The second-order valence-corrected chi connectivity index (χ2v) is 4.22. The maximum Gasteiger partial charge on any atom is 0.255 e. The molecule has 0 saturated carbocycles. The molecule has 17 heavy (non-hydrogen) atoms. The van der Waals surface area contributed by atoms with E-state index < -0.39 is 0 Å². The van der Waals surface area contributed by atoms with Crippen LogP contribution in [0.2, 0.25) is 10.0 Å². The van der Waals surface area contributed by atoms with Gasteiger partial charge in [-0.15, -0.1) is 0 Å². The van der Waals surface area contributed by atoms with E-state index in [-0.39, 0.29) is 23.9 Å². The molecule has 1 amide bonds. The third-order valence-electron chi connectivity index (χ3n) is 2.03. The lowest BCUT2D eigenvalue weighted by molar-refractivity contribution is 0.0814. The number of rotatable bonds is 3. The minimum absolute atomic E-state index is 0.00181. The SMILES string of the molecule is CN(CC(N)=NO)C(=O)c1cc(Cl)ccc1Cl. The predicted molar refractivity (Wildman–Crippen MR) is 66.8 cm³/mol. The van der Waals surface area contributed by atoms with Gasteiger partial charge in [0.1, 0.15) is 0 Å². The zero-order chi connectivity index (χ0) is 13.0. The predicted octanol–water partition coefficient (Wildman–Crippen LogP) is 1.81. The summed E-state index contributed by atoms with van der Waals surface area (Å²) in [6, 6.07) is 4.59. The number of nitrogens with zero attached hydrogens (tertiary/aromatic N) is 2. The number of benzene rings is 1. The van der Waals surface area contributed by atoms with Crippen LogP contribution in [0, 0.1) is 0 Å². The summed E-state index contributed by atoms with van der Waals surface area (Å²) in [5.74, 6) is -0.428. The molecule has 92 valence electrons. The Morgan fingerprint density at radius 3 is 2.76 bits per heavy atom. The average molecular weight is 276 g/mol. The van der Waals surface area contributed by atoms with Crippen molar-refractivity contribution < 1.29 is 10.0 Å². The van der Waals surface area contributed by atoms with Crippen LogP contribution in [0.1, 0.15) is 10.4 Å². The lowest BCUT2D eigenvalue weighted by atomic mass is 10.2. The Labute approximate surface area is 108 Å². The fourth-order valence-electron chi connectivity index (χ4n) is 1.21. The Kier molecular flexibility index (Phi) is 4.60. The quantitative estimate of drug-likeness (QED) is 0.382. The second-order valence-electron chi connectivity index (χ2n) is 3.38. The molecule has 0 bridgehead atoms. The maximum absolute atomic E-state index is 12.0. The van der Waals surface area contributed by atoms with E-state index in [9.17, 15) is 4.79 Å². The van der Waals surface area contributed by atoms with Gasteiger partial charge in [-0.1, -0.05) is 28.4 Å². The minimum atomic E-state index is -0.357. The highest BCUT2D eigenvalue weighted by Gasteiger charge is 2.16. The highest BCUT2D eigenvalue weighted by atomic mass is 35.5. The molecule has 1 aromatic carbocycles. The lowest BCUT2D eigenvalue weighted by Crippen LogP contribution is -2.35. The normalized spacial score (nSPS) is 11.4. The molecular weight excluding hydrogens is 265 g/mol. The van der Waals surface area contributed by atoms with E-state index in [4.69, 9.17) is 34.1 Å². The number of amides is 1. The molecular formula is C10H11Cl2N3O2. The molecule has 1 rings (SSSR count). The fourth-order valence-corrected chi connectivity index (χ4v) is 1.58. The van der Waals surface area contributed by atoms with Crippen molar-refractivity contribution in [3.63, 3.8) is 0 Å². The van der Waals surface area contributed by atoms with Crippen molar-refractivity contribution in [2.75, 3.05) is 13.6 Å². The van der Waals surface area contributed by atoms with Crippen molar-refractivity contribution in [1.29, 1.82) is 0 Å². The van der Waals surface area contributed by atoms with Crippen LogP contribution in [-0.4, -0.2) is 35.4 Å². The molecule has 5 nitrogen and oxygen atoms in total. The van der Waals surface area contributed by atoms with Crippen molar-refractivity contribution in [3.8, 4) is 0 Å². The highest BCUT2D eigenvalue weighted by Crippen LogP contribution is 2.21.